The van der Waals surface area contributed by atoms with E-state index < -0.39 is 5.97 Å². The minimum atomic E-state index is -1.02. The van der Waals surface area contributed by atoms with E-state index in [4.69, 9.17) is 5.11 Å². The highest BCUT2D eigenvalue weighted by Crippen LogP contribution is 2.28. The first-order valence-corrected chi connectivity index (χ1v) is 7.22. The van der Waals surface area contributed by atoms with Gasteiger partial charge in [0.15, 0.2) is 0 Å². The van der Waals surface area contributed by atoms with Crippen LogP contribution in [0.15, 0.2) is 23.4 Å². The molecule has 0 atom stereocenters. The smallest absolute Gasteiger partial charge is 0.338 e. The Morgan fingerprint density at radius 2 is 2.26 bits per heavy atom. The van der Waals surface area contributed by atoms with Gasteiger partial charge in [-0.2, -0.15) is 0 Å². The van der Waals surface area contributed by atoms with Crippen LogP contribution in [0.5, 0.6) is 0 Å². The molecular weight excluding hydrogens is 264 g/mol. The van der Waals surface area contributed by atoms with Gasteiger partial charge in [0.05, 0.1) is 11.3 Å². The molecule has 1 aromatic rings. The maximum atomic E-state index is 12.0. The Balaban J connectivity index is 1.98. The number of pyridine rings is 1. The zero-order chi connectivity index (χ0) is 13.8. The van der Waals surface area contributed by atoms with E-state index in [2.05, 4.69) is 4.98 Å². The number of rotatable bonds is 6. The van der Waals surface area contributed by atoms with E-state index >= 15 is 0 Å². The molecule has 1 aliphatic rings. The second-order valence-electron chi connectivity index (χ2n) is 4.36. The second kappa shape index (κ2) is 6.06. The first-order valence-electron chi connectivity index (χ1n) is 6.24. The largest absolute Gasteiger partial charge is 0.478 e. The van der Waals surface area contributed by atoms with Gasteiger partial charge in [0, 0.05) is 18.8 Å². The van der Waals surface area contributed by atoms with Crippen LogP contribution < -0.4 is 0 Å². The van der Waals surface area contributed by atoms with Gasteiger partial charge in [0.2, 0.25) is 5.91 Å². The molecule has 1 amide bonds. The van der Waals surface area contributed by atoms with Crippen molar-refractivity contribution in [1.82, 2.24) is 9.88 Å². The molecule has 0 spiro atoms. The Morgan fingerprint density at radius 1 is 1.53 bits per heavy atom. The average Bonchev–Trinajstić information content (AvgIpc) is 3.22. The van der Waals surface area contributed by atoms with E-state index in [0.29, 0.717) is 17.6 Å². The van der Waals surface area contributed by atoms with Crippen LogP contribution in [-0.2, 0) is 4.79 Å². The molecule has 1 saturated carbocycles. The van der Waals surface area contributed by atoms with Gasteiger partial charge in [-0.15, -0.1) is 0 Å². The molecule has 0 bridgehead atoms. The first kappa shape index (κ1) is 13.9. The summed E-state index contributed by atoms with van der Waals surface area (Å²) < 4.78 is 0. The van der Waals surface area contributed by atoms with Crippen molar-refractivity contribution in [2.75, 3.05) is 12.3 Å². The van der Waals surface area contributed by atoms with Crippen LogP contribution in [-0.4, -0.2) is 45.2 Å². The Morgan fingerprint density at radius 3 is 2.84 bits per heavy atom. The highest BCUT2D eigenvalue weighted by molar-refractivity contribution is 8.00. The predicted molar refractivity (Wildman–Crippen MR) is 72.3 cm³/mol. The molecule has 0 aromatic carbocycles. The fourth-order valence-electron chi connectivity index (χ4n) is 1.91. The third kappa shape index (κ3) is 3.47. The lowest BCUT2D eigenvalue weighted by atomic mass is 10.3. The maximum Gasteiger partial charge on any atom is 0.338 e. The Bertz CT molecular complexity index is 489. The van der Waals surface area contributed by atoms with E-state index in [9.17, 15) is 9.59 Å². The number of hydrogen-bond donors (Lipinski definition) is 1. The number of hydrogen-bond acceptors (Lipinski definition) is 4. The molecule has 1 fully saturated rings. The van der Waals surface area contributed by atoms with Crippen LogP contribution in [0.3, 0.4) is 0 Å². The summed E-state index contributed by atoms with van der Waals surface area (Å²) in [7, 11) is 0. The van der Waals surface area contributed by atoms with E-state index in [1.54, 1.807) is 6.07 Å². The quantitative estimate of drug-likeness (QED) is 0.806. The van der Waals surface area contributed by atoms with Gasteiger partial charge in [-0.1, -0.05) is 11.8 Å². The first-order chi connectivity index (χ1) is 9.13. The van der Waals surface area contributed by atoms with Crippen LogP contribution in [0.4, 0.5) is 0 Å². The van der Waals surface area contributed by atoms with Crippen molar-refractivity contribution < 1.29 is 14.7 Å². The standard InChI is InChI=1S/C13H16N2O3S/c1-2-15(9-5-6-9)11(16)8-19-12-10(13(17)18)4-3-7-14-12/h3-4,7,9H,2,5-6,8H2,1H3,(H,17,18). The van der Waals surface area contributed by atoms with Gasteiger partial charge < -0.3 is 10.0 Å². The lowest BCUT2D eigenvalue weighted by Gasteiger charge is -2.19. The molecule has 1 heterocycles. The fourth-order valence-corrected chi connectivity index (χ4v) is 2.78. The number of carboxylic acids is 1. The minimum Gasteiger partial charge on any atom is -0.478 e. The summed E-state index contributed by atoms with van der Waals surface area (Å²) in [5, 5.41) is 9.43. The number of carboxylic acid groups (broad SMARTS) is 1. The number of nitrogens with zero attached hydrogens (tertiary/aromatic N) is 2. The van der Waals surface area contributed by atoms with Gasteiger partial charge >= 0.3 is 5.97 Å². The summed E-state index contributed by atoms with van der Waals surface area (Å²) in [5.74, 6) is -0.726. The zero-order valence-electron chi connectivity index (χ0n) is 10.7. The summed E-state index contributed by atoms with van der Waals surface area (Å²) in [4.78, 5) is 29.0. The molecule has 0 aliphatic heterocycles. The normalized spacial score (nSPS) is 14.2. The number of carbonyl (C=O) groups is 2. The van der Waals surface area contributed by atoms with E-state index in [-0.39, 0.29) is 17.2 Å². The van der Waals surface area contributed by atoms with Crippen LogP contribution in [0, 0.1) is 0 Å². The Kier molecular flexibility index (Phi) is 4.42. The van der Waals surface area contributed by atoms with Crippen molar-refractivity contribution in [3.05, 3.63) is 23.9 Å². The van der Waals surface area contributed by atoms with Gasteiger partial charge in [0.25, 0.3) is 0 Å². The summed E-state index contributed by atoms with van der Waals surface area (Å²) >= 11 is 1.19. The lowest BCUT2D eigenvalue weighted by Crippen LogP contribution is -2.34. The van der Waals surface area contributed by atoms with E-state index in [1.807, 2.05) is 11.8 Å². The topological polar surface area (TPSA) is 70.5 Å². The SMILES string of the molecule is CCN(C(=O)CSc1ncccc1C(=O)O)C1CC1. The minimum absolute atomic E-state index is 0.0528. The molecule has 5 nitrogen and oxygen atoms in total. The van der Waals surface area contributed by atoms with Crippen LogP contribution in [0.1, 0.15) is 30.1 Å². The van der Waals surface area contributed by atoms with Crippen molar-refractivity contribution in [2.45, 2.75) is 30.8 Å². The van der Waals surface area contributed by atoms with Crippen LogP contribution in [0.25, 0.3) is 0 Å². The molecule has 0 saturated heterocycles. The zero-order valence-corrected chi connectivity index (χ0v) is 11.5. The van der Waals surface area contributed by atoms with Crippen molar-refractivity contribution in [1.29, 1.82) is 0 Å². The van der Waals surface area contributed by atoms with Gasteiger partial charge in [0.1, 0.15) is 5.03 Å². The van der Waals surface area contributed by atoms with Crippen LogP contribution in [0.2, 0.25) is 0 Å². The molecule has 0 unspecified atom stereocenters. The second-order valence-corrected chi connectivity index (χ2v) is 5.32. The maximum absolute atomic E-state index is 12.0. The Labute approximate surface area is 116 Å². The molecule has 2 rings (SSSR count). The van der Waals surface area contributed by atoms with Gasteiger partial charge in [-0.3, -0.25) is 4.79 Å². The Hall–Kier alpha value is -1.56. The third-order valence-electron chi connectivity index (χ3n) is 2.98. The molecule has 102 valence electrons. The molecule has 19 heavy (non-hydrogen) atoms. The monoisotopic (exact) mass is 280 g/mol. The number of aromatic nitrogens is 1. The predicted octanol–water partition coefficient (Wildman–Crippen LogP) is 1.88. The third-order valence-corrected chi connectivity index (χ3v) is 3.97. The lowest BCUT2D eigenvalue weighted by molar-refractivity contribution is -0.128. The van der Waals surface area contributed by atoms with Crippen molar-refractivity contribution in [3.8, 4) is 0 Å². The summed E-state index contributed by atoms with van der Waals surface area (Å²) in [6.07, 6.45) is 3.69. The summed E-state index contributed by atoms with van der Waals surface area (Å²) in [5.41, 5.74) is 0.148. The van der Waals surface area contributed by atoms with Gasteiger partial charge in [-0.05, 0) is 31.9 Å². The van der Waals surface area contributed by atoms with E-state index in [1.165, 1.54) is 24.0 Å². The molecular formula is C13H16N2O3S. The molecule has 1 aliphatic carbocycles. The number of carbonyl (C=O) groups excluding carboxylic acids is 1. The van der Waals surface area contributed by atoms with Crippen molar-refractivity contribution in [2.24, 2.45) is 0 Å². The number of thioether (sulfide) groups is 1. The highest BCUT2D eigenvalue weighted by Gasteiger charge is 2.31. The molecule has 6 heteroatoms. The highest BCUT2D eigenvalue weighted by atomic mass is 32.2. The summed E-state index contributed by atoms with van der Waals surface area (Å²) in [6, 6.07) is 3.47. The molecule has 1 N–H and O–H groups in total. The molecule has 0 radical (unpaired) electrons. The van der Waals surface area contributed by atoms with Crippen molar-refractivity contribution in [3.63, 3.8) is 0 Å². The van der Waals surface area contributed by atoms with E-state index in [0.717, 1.165) is 12.8 Å². The van der Waals surface area contributed by atoms with Crippen molar-refractivity contribution >= 4 is 23.6 Å². The number of aromatic carboxylic acids is 1. The number of amides is 1. The molecule has 1 aromatic heterocycles. The average molecular weight is 280 g/mol. The van der Waals surface area contributed by atoms with Gasteiger partial charge in [-0.25, -0.2) is 9.78 Å². The summed E-state index contributed by atoms with van der Waals surface area (Å²) in [6.45, 7) is 2.67. The van der Waals surface area contributed by atoms with Crippen LogP contribution >= 0.6 is 11.8 Å². The fraction of sp³-hybridized carbons (Fsp3) is 0.462.